The van der Waals surface area contributed by atoms with Crippen LogP contribution in [0, 0.1) is 0 Å². The fourth-order valence-electron chi connectivity index (χ4n) is 3.40. The highest BCUT2D eigenvalue weighted by Gasteiger charge is 2.32. The molecule has 0 N–H and O–H groups in total. The van der Waals surface area contributed by atoms with Crippen LogP contribution in [0.5, 0.6) is 0 Å². The van der Waals surface area contributed by atoms with E-state index in [1.165, 1.54) is 17.3 Å². The monoisotopic (exact) mass is 389 g/mol. The van der Waals surface area contributed by atoms with Crippen molar-refractivity contribution in [3.05, 3.63) is 71.3 Å². The fraction of sp³-hybridized carbons (Fsp3) is 0.217. The molecule has 0 bridgehead atoms. The molecule has 2 heterocycles. The summed E-state index contributed by atoms with van der Waals surface area (Å²) in [5, 5.41) is 1.89. The zero-order valence-electron chi connectivity index (χ0n) is 16.3. The minimum Gasteiger partial charge on any atom is -0.344 e. The van der Waals surface area contributed by atoms with Crippen LogP contribution in [-0.2, 0) is 4.79 Å². The van der Waals surface area contributed by atoms with Gasteiger partial charge in [-0.3, -0.25) is 9.69 Å². The van der Waals surface area contributed by atoms with E-state index in [0.29, 0.717) is 17.5 Å². The van der Waals surface area contributed by atoms with E-state index in [-0.39, 0.29) is 5.91 Å². The molecule has 0 spiro atoms. The van der Waals surface area contributed by atoms with E-state index in [2.05, 4.69) is 47.8 Å². The van der Waals surface area contributed by atoms with Crippen LogP contribution in [0.2, 0.25) is 0 Å². The van der Waals surface area contributed by atoms with Crippen LogP contribution in [0.25, 0.3) is 17.0 Å². The van der Waals surface area contributed by atoms with Gasteiger partial charge in [0.25, 0.3) is 5.91 Å². The smallest absolute Gasteiger partial charge is 0.266 e. The van der Waals surface area contributed by atoms with Gasteiger partial charge in [0.05, 0.1) is 10.6 Å². The Balaban J connectivity index is 1.76. The number of carbonyl (C=O) groups is 1. The molecule has 0 aliphatic carbocycles. The van der Waals surface area contributed by atoms with Crippen molar-refractivity contribution in [3.8, 4) is 0 Å². The predicted molar refractivity (Wildman–Crippen MR) is 119 cm³/mol. The molecule has 0 saturated carbocycles. The summed E-state index contributed by atoms with van der Waals surface area (Å²) < 4.78 is 2.25. The molecule has 4 rings (SSSR count). The molecular formula is C23H23N3OS. The number of aromatic nitrogens is 1. The molecule has 1 aromatic heterocycles. The second kappa shape index (κ2) is 7.68. The summed E-state index contributed by atoms with van der Waals surface area (Å²) >= 11 is 1.45. The van der Waals surface area contributed by atoms with Crippen LogP contribution in [0.4, 0.5) is 5.69 Å². The van der Waals surface area contributed by atoms with Crippen molar-refractivity contribution in [1.82, 2.24) is 9.47 Å². The quantitative estimate of drug-likeness (QED) is 0.525. The van der Waals surface area contributed by atoms with E-state index in [1.807, 2.05) is 49.4 Å². The number of rotatable bonds is 4. The maximum Gasteiger partial charge on any atom is 0.266 e. The topological polar surface area (TPSA) is 37.6 Å². The molecule has 28 heavy (non-hydrogen) atoms. The highest BCUT2D eigenvalue weighted by atomic mass is 32.2. The fourth-order valence-corrected chi connectivity index (χ4v) is 4.45. The van der Waals surface area contributed by atoms with Gasteiger partial charge in [0.2, 0.25) is 0 Å². The summed E-state index contributed by atoms with van der Waals surface area (Å²) in [5.74, 6) is 0.0172. The maximum atomic E-state index is 13.0. The number of likely N-dealkylation sites (N-methyl/N-ethyl adjacent to an activating group) is 1. The number of hydrogen-bond donors (Lipinski definition) is 0. The van der Waals surface area contributed by atoms with Gasteiger partial charge in [-0.05, 0) is 56.8 Å². The van der Waals surface area contributed by atoms with Crippen molar-refractivity contribution in [2.24, 2.45) is 4.99 Å². The van der Waals surface area contributed by atoms with Crippen LogP contribution in [0.3, 0.4) is 0 Å². The van der Waals surface area contributed by atoms with Crippen molar-refractivity contribution in [2.75, 3.05) is 6.54 Å². The van der Waals surface area contributed by atoms with Crippen LogP contribution in [0.15, 0.2) is 70.7 Å². The number of aliphatic imine (C=N–C) groups is 1. The zero-order chi connectivity index (χ0) is 19.7. The Morgan fingerprint density at radius 2 is 1.79 bits per heavy atom. The Morgan fingerprint density at radius 3 is 2.50 bits per heavy atom. The largest absolute Gasteiger partial charge is 0.344 e. The molecule has 0 unspecified atom stereocenters. The Morgan fingerprint density at radius 1 is 1.07 bits per heavy atom. The third kappa shape index (κ3) is 3.38. The summed E-state index contributed by atoms with van der Waals surface area (Å²) in [6, 6.07) is 18.5. The van der Waals surface area contributed by atoms with Crippen molar-refractivity contribution < 1.29 is 4.79 Å². The highest BCUT2D eigenvalue weighted by molar-refractivity contribution is 8.18. The number of carbonyl (C=O) groups excluding carboxylic acids is 1. The Bertz CT molecular complexity index is 1080. The second-order valence-corrected chi connectivity index (χ2v) is 8.00. The van der Waals surface area contributed by atoms with E-state index in [0.717, 1.165) is 21.8 Å². The van der Waals surface area contributed by atoms with Crippen molar-refractivity contribution >= 4 is 45.5 Å². The highest BCUT2D eigenvalue weighted by Crippen LogP contribution is 2.35. The Labute approximate surface area is 169 Å². The van der Waals surface area contributed by atoms with Crippen molar-refractivity contribution in [2.45, 2.75) is 26.8 Å². The first-order valence-corrected chi connectivity index (χ1v) is 10.3. The maximum absolute atomic E-state index is 13.0. The minimum atomic E-state index is 0.0172. The lowest BCUT2D eigenvalue weighted by atomic mass is 10.1. The third-order valence-electron chi connectivity index (χ3n) is 4.80. The van der Waals surface area contributed by atoms with E-state index < -0.39 is 0 Å². The number of nitrogens with zero attached hydrogens (tertiary/aromatic N) is 3. The molecule has 0 atom stereocenters. The minimum absolute atomic E-state index is 0.0172. The molecule has 1 fully saturated rings. The molecule has 142 valence electrons. The number of para-hydroxylation sites is 2. The number of amides is 1. The molecule has 3 aromatic rings. The number of fused-ring (bicyclic) bond motifs is 1. The van der Waals surface area contributed by atoms with Crippen LogP contribution in [-0.4, -0.2) is 27.1 Å². The first kappa shape index (κ1) is 18.6. The normalized spacial score (nSPS) is 17.6. The van der Waals surface area contributed by atoms with Crippen LogP contribution >= 0.6 is 11.8 Å². The van der Waals surface area contributed by atoms with Gasteiger partial charge in [0, 0.05) is 35.2 Å². The van der Waals surface area contributed by atoms with Gasteiger partial charge in [-0.2, -0.15) is 0 Å². The molecule has 5 heteroatoms. The van der Waals surface area contributed by atoms with Gasteiger partial charge in [-0.25, -0.2) is 4.99 Å². The standard InChI is InChI=1S/C23H23N3OS/c1-4-25-22(27)21(28-23(25)24-18-10-6-5-7-11-18)14-17-15-26(16(2)3)20-13-9-8-12-19(17)20/h5-16H,4H2,1-3H3/b21-14+,24-23?. The second-order valence-electron chi connectivity index (χ2n) is 6.99. The molecule has 2 aromatic carbocycles. The average Bonchev–Trinajstić information content (AvgIpc) is 3.21. The number of thioether (sulfide) groups is 1. The average molecular weight is 390 g/mol. The number of benzene rings is 2. The lowest BCUT2D eigenvalue weighted by Gasteiger charge is -2.11. The number of hydrogen-bond acceptors (Lipinski definition) is 3. The van der Waals surface area contributed by atoms with Gasteiger partial charge in [-0.1, -0.05) is 36.4 Å². The van der Waals surface area contributed by atoms with Crippen LogP contribution < -0.4 is 0 Å². The molecule has 1 aliphatic rings. The van der Waals surface area contributed by atoms with Gasteiger partial charge >= 0.3 is 0 Å². The lowest BCUT2D eigenvalue weighted by Crippen LogP contribution is -2.28. The van der Waals surface area contributed by atoms with E-state index in [1.54, 1.807) is 4.90 Å². The molecular weight excluding hydrogens is 366 g/mol. The third-order valence-corrected chi connectivity index (χ3v) is 5.81. The predicted octanol–water partition coefficient (Wildman–Crippen LogP) is 5.85. The van der Waals surface area contributed by atoms with Crippen molar-refractivity contribution in [3.63, 3.8) is 0 Å². The van der Waals surface area contributed by atoms with E-state index in [4.69, 9.17) is 0 Å². The first-order chi connectivity index (χ1) is 13.6. The summed E-state index contributed by atoms with van der Waals surface area (Å²) in [5.41, 5.74) is 3.11. The van der Waals surface area contributed by atoms with Crippen LogP contribution in [0.1, 0.15) is 32.4 Å². The lowest BCUT2D eigenvalue weighted by molar-refractivity contribution is -0.122. The van der Waals surface area contributed by atoms with Crippen molar-refractivity contribution in [1.29, 1.82) is 0 Å². The summed E-state index contributed by atoms with van der Waals surface area (Å²) in [6.07, 6.45) is 4.14. The molecule has 4 nitrogen and oxygen atoms in total. The molecule has 1 saturated heterocycles. The summed E-state index contributed by atoms with van der Waals surface area (Å²) in [4.78, 5) is 20.1. The SMILES string of the molecule is CCN1C(=O)/C(=C\c2cn(C(C)C)c3ccccc23)SC1=Nc1ccccc1. The molecule has 1 amide bonds. The van der Waals surface area contributed by atoms with Gasteiger partial charge in [0.1, 0.15) is 0 Å². The Kier molecular flexibility index (Phi) is 5.09. The summed E-state index contributed by atoms with van der Waals surface area (Å²) in [6.45, 7) is 6.92. The zero-order valence-corrected chi connectivity index (χ0v) is 17.1. The molecule has 1 aliphatic heterocycles. The van der Waals surface area contributed by atoms with Gasteiger partial charge < -0.3 is 4.57 Å². The van der Waals surface area contributed by atoms with Gasteiger partial charge in [0.15, 0.2) is 5.17 Å². The first-order valence-electron chi connectivity index (χ1n) is 9.53. The molecule has 0 radical (unpaired) electrons. The van der Waals surface area contributed by atoms with E-state index >= 15 is 0 Å². The number of amidine groups is 1. The Hall–Kier alpha value is -2.79. The van der Waals surface area contributed by atoms with Gasteiger partial charge in [-0.15, -0.1) is 0 Å². The summed E-state index contributed by atoms with van der Waals surface area (Å²) in [7, 11) is 0. The van der Waals surface area contributed by atoms with E-state index in [9.17, 15) is 4.79 Å².